The van der Waals surface area contributed by atoms with E-state index in [0.717, 1.165) is 35.4 Å². The third-order valence-electron chi connectivity index (χ3n) is 2.87. The maximum absolute atomic E-state index is 5.95. The van der Waals surface area contributed by atoms with Gasteiger partial charge in [0, 0.05) is 23.0 Å². The number of nitrogens with two attached hydrogens (primary N) is 1. The van der Waals surface area contributed by atoms with Crippen LogP contribution in [0.2, 0.25) is 0 Å². The van der Waals surface area contributed by atoms with Gasteiger partial charge in [0.05, 0.1) is 0 Å². The third-order valence-corrected chi connectivity index (χ3v) is 2.87. The van der Waals surface area contributed by atoms with Crippen molar-refractivity contribution < 1.29 is 4.74 Å². The Morgan fingerprint density at radius 3 is 3.00 bits per heavy atom. The molecule has 1 aromatic carbocycles. The third kappa shape index (κ3) is 1.41. The van der Waals surface area contributed by atoms with E-state index < -0.39 is 0 Å². The molecule has 0 aliphatic carbocycles. The van der Waals surface area contributed by atoms with E-state index >= 15 is 0 Å². The number of ether oxygens (including phenoxy) is 1. The molecule has 0 atom stereocenters. The van der Waals surface area contributed by atoms with E-state index in [0.29, 0.717) is 5.88 Å². The van der Waals surface area contributed by atoms with Crippen LogP contribution in [-0.2, 0) is 12.8 Å². The summed E-state index contributed by atoms with van der Waals surface area (Å²) in [6.45, 7) is 0. The van der Waals surface area contributed by atoms with Crippen LogP contribution < -0.4 is 10.5 Å². The van der Waals surface area contributed by atoms with Crippen LogP contribution in [0.3, 0.4) is 0 Å². The largest absolute Gasteiger partial charge is 0.438 e. The monoisotopic (exact) mass is 212 g/mol. The van der Waals surface area contributed by atoms with Crippen LogP contribution in [0.4, 0.5) is 5.69 Å². The first-order valence-electron chi connectivity index (χ1n) is 5.34. The standard InChI is InChI=1S/C13H12N2O/c14-11-4-1-5-12-10(11)7-6-9-3-2-8-15-13(9)16-12/h1-5,8H,6-7,14H2. The first-order valence-corrected chi connectivity index (χ1v) is 5.34. The van der Waals surface area contributed by atoms with E-state index in [1.54, 1.807) is 6.20 Å². The van der Waals surface area contributed by atoms with Gasteiger partial charge in [0.25, 0.3) is 0 Å². The number of rotatable bonds is 0. The van der Waals surface area contributed by atoms with Crippen LogP contribution in [-0.4, -0.2) is 4.98 Å². The average molecular weight is 212 g/mol. The summed E-state index contributed by atoms with van der Waals surface area (Å²) in [5.74, 6) is 1.53. The number of fused-ring (bicyclic) bond motifs is 2. The van der Waals surface area contributed by atoms with Crippen molar-refractivity contribution >= 4 is 5.69 Å². The van der Waals surface area contributed by atoms with Crippen LogP contribution in [0.5, 0.6) is 11.6 Å². The highest BCUT2D eigenvalue weighted by Gasteiger charge is 2.16. The molecule has 0 radical (unpaired) electrons. The molecule has 0 amide bonds. The molecule has 3 nitrogen and oxygen atoms in total. The van der Waals surface area contributed by atoms with Gasteiger partial charge in [-0.2, -0.15) is 0 Å². The minimum Gasteiger partial charge on any atom is -0.438 e. The van der Waals surface area contributed by atoms with Crippen molar-refractivity contribution in [2.45, 2.75) is 12.8 Å². The van der Waals surface area contributed by atoms with Gasteiger partial charge in [-0.1, -0.05) is 12.1 Å². The molecular weight excluding hydrogens is 200 g/mol. The first kappa shape index (κ1) is 9.21. The lowest BCUT2D eigenvalue weighted by Gasteiger charge is -2.08. The van der Waals surface area contributed by atoms with Crippen molar-refractivity contribution in [2.75, 3.05) is 5.73 Å². The van der Waals surface area contributed by atoms with Gasteiger partial charge in [-0.15, -0.1) is 0 Å². The summed E-state index contributed by atoms with van der Waals surface area (Å²) >= 11 is 0. The van der Waals surface area contributed by atoms with Gasteiger partial charge in [0.2, 0.25) is 5.88 Å². The van der Waals surface area contributed by atoms with Gasteiger partial charge in [-0.3, -0.25) is 0 Å². The van der Waals surface area contributed by atoms with Crippen molar-refractivity contribution in [1.29, 1.82) is 0 Å². The molecule has 1 aliphatic rings. The zero-order valence-electron chi connectivity index (χ0n) is 8.81. The summed E-state index contributed by atoms with van der Waals surface area (Å²) in [7, 11) is 0. The molecule has 0 fully saturated rings. The quantitative estimate of drug-likeness (QED) is 0.683. The van der Waals surface area contributed by atoms with Crippen molar-refractivity contribution in [3.63, 3.8) is 0 Å². The minimum atomic E-state index is 0.701. The Morgan fingerprint density at radius 2 is 2.06 bits per heavy atom. The molecule has 2 aromatic rings. The van der Waals surface area contributed by atoms with Gasteiger partial charge in [0.15, 0.2) is 0 Å². The molecule has 0 unspecified atom stereocenters. The Hall–Kier alpha value is -2.03. The molecule has 2 N–H and O–H groups in total. The zero-order chi connectivity index (χ0) is 11.0. The summed E-state index contributed by atoms with van der Waals surface area (Å²) in [5, 5.41) is 0. The average Bonchev–Trinajstić information content (AvgIpc) is 2.48. The smallest absolute Gasteiger partial charge is 0.222 e. The Balaban J connectivity index is 2.12. The summed E-state index contributed by atoms with van der Waals surface area (Å²) in [5.41, 5.74) is 8.96. The van der Waals surface area contributed by atoms with Crippen molar-refractivity contribution in [3.8, 4) is 11.6 Å². The summed E-state index contributed by atoms with van der Waals surface area (Å²) < 4.78 is 5.79. The predicted molar refractivity (Wildman–Crippen MR) is 62.6 cm³/mol. The lowest BCUT2D eigenvalue weighted by Crippen LogP contribution is -1.96. The Kier molecular flexibility index (Phi) is 2.03. The lowest BCUT2D eigenvalue weighted by molar-refractivity contribution is 0.460. The number of nitrogens with zero attached hydrogens (tertiary/aromatic N) is 1. The molecule has 80 valence electrons. The molecule has 16 heavy (non-hydrogen) atoms. The molecule has 0 saturated heterocycles. The number of aryl methyl sites for hydroxylation is 1. The topological polar surface area (TPSA) is 48.1 Å². The van der Waals surface area contributed by atoms with Gasteiger partial charge in [0.1, 0.15) is 5.75 Å². The number of anilines is 1. The van der Waals surface area contributed by atoms with Gasteiger partial charge in [-0.05, 0) is 31.0 Å². The highest BCUT2D eigenvalue weighted by Crippen LogP contribution is 2.34. The maximum atomic E-state index is 5.95. The van der Waals surface area contributed by atoms with E-state index in [9.17, 15) is 0 Å². The molecule has 0 bridgehead atoms. The van der Waals surface area contributed by atoms with Crippen molar-refractivity contribution in [3.05, 3.63) is 47.7 Å². The number of pyridine rings is 1. The molecule has 2 heterocycles. The molecule has 3 heteroatoms. The van der Waals surface area contributed by atoms with Crippen LogP contribution in [0, 0.1) is 0 Å². The highest BCUT2D eigenvalue weighted by atomic mass is 16.5. The molecule has 0 spiro atoms. The molecule has 3 rings (SSSR count). The number of hydrogen-bond donors (Lipinski definition) is 1. The Morgan fingerprint density at radius 1 is 1.12 bits per heavy atom. The maximum Gasteiger partial charge on any atom is 0.222 e. The Bertz CT molecular complexity index is 537. The van der Waals surface area contributed by atoms with Gasteiger partial charge < -0.3 is 10.5 Å². The zero-order valence-corrected chi connectivity index (χ0v) is 8.81. The second-order valence-electron chi connectivity index (χ2n) is 3.89. The fraction of sp³-hybridized carbons (Fsp3) is 0.154. The van der Waals surface area contributed by atoms with E-state index in [1.165, 1.54) is 0 Å². The predicted octanol–water partition coefficient (Wildman–Crippen LogP) is 2.55. The SMILES string of the molecule is Nc1cccc2c1CCc1cccnc1O2. The van der Waals surface area contributed by atoms with Gasteiger partial charge >= 0.3 is 0 Å². The van der Waals surface area contributed by atoms with Crippen molar-refractivity contribution in [1.82, 2.24) is 4.98 Å². The van der Waals surface area contributed by atoms with Crippen LogP contribution in [0.1, 0.15) is 11.1 Å². The summed E-state index contributed by atoms with van der Waals surface area (Å²) in [6.07, 6.45) is 3.57. The van der Waals surface area contributed by atoms with Crippen LogP contribution in [0.25, 0.3) is 0 Å². The molecular formula is C13H12N2O. The minimum absolute atomic E-state index is 0.701. The summed E-state index contributed by atoms with van der Waals surface area (Å²) in [4.78, 5) is 4.24. The Labute approximate surface area is 93.9 Å². The number of aromatic nitrogens is 1. The number of benzene rings is 1. The normalized spacial score (nSPS) is 13.2. The number of hydrogen-bond acceptors (Lipinski definition) is 3. The fourth-order valence-corrected chi connectivity index (χ4v) is 2.02. The van der Waals surface area contributed by atoms with E-state index in [4.69, 9.17) is 10.5 Å². The van der Waals surface area contributed by atoms with Gasteiger partial charge in [-0.25, -0.2) is 4.98 Å². The summed E-state index contributed by atoms with van der Waals surface area (Å²) in [6, 6.07) is 9.73. The van der Waals surface area contributed by atoms with E-state index in [1.807, 2.05) is 30.3 Å². The molecule has 1 aliphatic heterocycles. The van der Waals surface area contributed by atoms with Crippen LogP contribution in [0.15, 0.2) is 36.5 Å². The second kappa shape index (κ2) is 3.52. The van der Waals surface area contributed by atoms with Crippen LogP contribution >= 0.6 is 0 Å². The first-order chi connectivity index (χ1) is 7.84. The molecule has 0 saturated carbocycles. The van der Waals surface area contributed by atoms with E-state index in [-0.39, 0.29) is 0 Å². The molecule has 1 aromatic heterocycles. The lowest BCUT2D eigenvalue weighted by atomic mass is 10.0. The number of nitrogen functional groups attached to an aromatic ring is 1. The van der Waals surface area contributed by atoms with Crippen molar-refractivity contribution in [2.24, 2.45) is 0 Å². The second-order valence-corrected chi connectivity index (χ2v) is 3.89. The fourth-order valence-electron chi connectivity index (χ4n) is 2.02. The highest BCUT2D eigenvalue weighted by molar-refractivity contribution is 5.56. The van der Waals surface area contributed by atoms with E-state index in [2.05, 4.69) is 4.98 Å².